The van der Waals surface area contributed by atoms with Gasteiger partial charge >= 0.3 is 0 Å². The highest BCUT2D eigenvalue weighted by molar-refractivity contribution is 5.80. The Morgan fingerprint density at radius 2 is 2.07 bits per heavy atom. The molecule has 6 nitrogen and oxygen atoms in total. The summed E-state index contributed by atoms with van der Waals surface area (Å²) in [7, 11) is 0. The van der Waals surface area contributed by atoms with Crippen LogP contribution in [-0.2, 0) is 25.8 Å². The van der Waals surface area contributed by atoms with Gasteiger partial charge in [0.1, 0.15) is 11.5 Å². The van der Waals surface area contributed by atoms with Crippen LogP contribution in [0, 0.1) is 0 Å². The van der Waals surface area contributed by atoms with Gasteiger partial charge in [-0.15, -0.1) is 0 Å². The molecule has 27 heavy (non-hydrogen) atoms. The molecule has 0 amide bonds. The van der Waals surface area contributed by atoms with Crippen molar-refractivity contribution in [3.63, 3.8) is 0 Å². The van der Waals surface area contributed by atoms with Gasteiger partial charge in [-0.1, -0.05) is 38.3 Å². The zero-order chi connectivity index (χ0) is 18.9. The molecule has 2 N–H and O–H groups in total. The van der Waals surface area contributed by atoms with Crippen molar-refractivity contribution in [3.8, 4) is 0 Å². The molecule has 1 saturated carbocycles. The fraction of sp³-hybridized carbons (Fsp3) is 0.619. The topological polar surface area (TPSA) is 75.6 Å². The molecule has 2 aromatic rings. The van der Waals surface area contributed by atoms with Crippen molar-refractivity contribution in [1.82, 2.24) is 15.8 Å². The molecule has 0 atom stereocenters. The molecule has 6 heteroatoms. The molecule has 3 rings (SSSR count). The lowest BCUT2D eigenvalue weighted by atomic mass is 9.96. The van der Waals surface area contributed by atoms with Crippen molar-refractivity contribution in [3.05, 3.63) is 41.2 Å². The highest BCUT2D eigenvalue weighted by Crippen LogP contribution is 2.18. The fourth-order valence-corrected chi connectivity index (χ4v) is 3.63. The van der Waals surface area contributed by atoms with Crippen molar-refractivity contribution >= 4 is 5.96 Å². The number of hydrogen-bond donors (Lipinski definition) is 2. The van der Waals surface area contributed by atoms with Crippen LogP contribution in [0.1, 0.15) is 68.7 Å². The largest absolute Gasteiger partial charge is 0.469 e. The molecular formula is C21H32N4O2. The minimum absolute atomic E-state index is 0.507. The Kier molecular flexibility index (Phi) is 7.36. The van der Waals surface area contributed by atoms with E-state index in [1.165, 1.54) is 32.1 Å². The Hall–Kier alpha value is -2.24. The van der Waals surface area contributed by atoms with E-state index in [-0.39, 0.29) is 0 Å². The van der Waals surface area contributed by atoms with Gasteiger partial charge < -0.3 is 19.6 Å². The van der Waals surface area contributed by atoms with Crippen LogP contribution in [0.25, 0.3) is 0 Å². The Bertz CT molecular complexity index is 678. The third kappa shape index (κ3) is 5.62. The molecule has 0 saturated heterocycles. The summed E-state index contributed by atoms with van der Waals surface area (Å²) >= 11 is 0. The standard InChI is InChI=1S/C21H32N4O2/c1-3-19-18(20(4-2)27-25-19)15-23-21(24-16-9-6-5-7-10-16)22-13-12-17-11-8-14-26-17/h8,11,14,16H,3-7,9-10,12-13,15H2,1-2H3,(H2,22,23,24). The van der Waals surface area contributed by atoms with Gasteiger partial charge in [-0.2, -0.15) is 0 Å². The first-order valence-corrected chi connectivity index (χ1v) is 10.3. The molecule has 0 radical (unpaired) electrons. The number of furan rings is 1. The summed E-state index contributed by atoms with van der Waals surface area (Å²) in [5.41, 5.74) is 2.15. The maximum atomic E-state index is 5.48. The van der Waals surface area contributed by atoms with Gasteiger partial charge in [0.05, 0.1) is 18.5 Å². The average Bonchev–Trinajstić information content (AvgIpc) is 3.36. The number of guanidine groups is 1. The quantitative estimate of drug-likeness (QED) is 0.541. The van der Waals surface area contributed by atoms with E-state index < -0.39 is 0 Å². The summed E-state index contributed by atoms with van der Waals surface area (Å²) in [5.74, 6) is 2.81. The lowest BCUT2D eigenvalue weighted by molar-refractivity contribution is 0.380. The lowest BCUT2D eigenvalue weighted by Gasteiger charge is -2.25. The number of nitrogens with zero attached hydrogens (tertiary/aromatic N) is 2. The molecule has 2 aromatic heterocycles. The van der Waals surface area contributed by atoms with Crippen LogP contribution in [0.15, 0.2) is 32.3 Å². The molecule has 0 aliphatic heterocycles. The number of rotatable bonds is 8. The zero-order valence-electron chi connectivity index (χ0n) is 16.6. The normalized spacial score (nSPS) is 15.9. The second kappa shape index (κ2) is 10.2. The molecule has 1 fully saturated rings. The molecule has 0 aromatic carbocycles. The van der Waals surface area contributed by atoms with Crippen LogP contribution in [0.3, 0.4) is 0 Å². The summed E-state index contributed by atoms with van der Waals surface area (Å²) in [6, 6.07) is 4.44. The highest BCUT2D eigenvalue weighted by Gasteiger charge is 2.16. The number of aliphatic imine (C=N–C) groups is 1. The summed E-state index contributed by atoms with van der Waals surface area (Å²) in [5, 5.41) is 11.3. The Morgan fingerprint density at radius 3 is 2.78 bits per heavy atom. The van der Waals surface area contributed by atoms with Crippen molar-refractivity contribution in [2.75, 3.05) is 6.54 Å². The summed E-state index contributed by atoms with van der Waals surface area (Å²) in [6.45, 7) is 5.58. The maximum absolute atomic E-state index is 5.48. The fourth-order valence-electron chi connectivity index (χ4n) is 3.63. The van der Waals surface area contributed by atoms with Crippen molar-refractivity contribution in [2.45, 2.75) is 77.8 Å². The smallest absolute Gasteiger partial charge is 0.191 e. The molecule has 2 heterocycles. The van der Waals surface area contributed by atoms with E-state index >= 15 is 0 Å². The lowest BCUT2D eigenvalue weighted by Crippen LogP contribution is -2.44. The van der Waals surface area contributed by atoms with Gasteiger partial charge in [-0.05, 0) is 31.4 Å². The first-order valence-electron chi connectivity index (χ1n) is 10.3. The van der Waals surface area contributed by atoms with Crippen LogP contribution in [0.5, 0.6) is 0 Å². The first kappa shape index (κ1) is 19.5. The molecule has 0 unspecified atom stereocenters. The van der Waals surface area contributed by atoms with Crippen LogP contribution < -0.4 is 10.6 Å². The second-order valence-electron chi connectivity index (χ2n) is 7.14. The van der Waals surface area contributed by atoms with Gasteiger partial charge in [-0.25, -0.2) is 4.99 Å². The minimum Gasteiger partial charge on any atom is -0.469 e. The van der Waals surface area contributed by atoms with Gasteiger partial charge in [0.15, 0.2) is 5.96 Å². The van der Waals surface area contributed by atoms with Crippen molar-refractivity contribution < 1.29 is 8.94 Å². The highest BCUT2D eigenvalue weighted by atomic mass is 16.5. The van der Waals surface area contributed by atoms with E-state index in [1.54, 1.807) is 6.26 Å². The van der Waals surface area contributed by atoms with Gasteiger partial charge in [0.25, 0.3) is 0 Å². The van der Waals surface area contributed by atoms with Crippen LogP contribution in [0.2, 0.25) is 0 Å². The van der Waals surface area contributed by atoms with E-state index in [9.17, 15) is 0 Å². The predicted octanol–water partition coefficient (Wildman–Crippen LogP) is 4.00. The van der Waals surface area contributed by atoms with E-state index in [1.807, 2.05) is 12.1 Å². The zero-order valence-corrected chi connectivity index (χ0v) is 16.6. The van der Waals surface area contributed by atoms with Crippen molar-refractivity contribution in [2.24, 2.45) is 4.99 Å². The molecule has 0 spiro atoms. The number of hydrogen-bond acceptors (Lipinski definition) is 4. The van der Waals surface area contributed by atoms with Crippen molar-refractivity contribution in [1.29, 1.82) is 0 Å². The predicted molar refractivity (Wildman–Crippen MR) is 107 cm³/mol. The van der Waals surface area contributed by atoms with E-state index in [2.05, 4.69) is 29.6 Å². The maximum Gasteiger partial charge on any atom is 0.191 e. The van der Waals surface area contributed by atoms with Crippen LogP contribution in [-0.4, -0.2) is 23.7 Å². The number of nitrogens with one attached hydrogen (secondary N) is 2. The molecule has 1 aliphatic carbocycles. The minimum atomic E-state index is 0.507. The number of aromatic nitrogens is 1. The summed E-state index contributed by atoms with van der Waals surface area (Å²) in [6.07, 6.45) is 10.6. The monoisotopic (exact) mass is 372 g/mol. The SMILES string of the molecule is CCc1noc(CC)c1CN=C(NCCc1ccco1)NC1CCCCC1. The van der Waals surface area contributed by atoms with Crippen LogP contribution >= 0.6 is 0 Å². The van der Waals surface area contributed by atoms with E-state index in [0.717, 1.165) is 54.5 Å². The molecule has 1 aliphatic rings. The summed E-state index contributed by atoms with van der Waals surface area (Å²) < 4.78 is 10.9. The third-order valence-electron chi connectivity index (χ3n) is 5.19. The summed E-state index contributed by atoms with van der Waals surface area (Å²) in [4.78, 5) is 4.86. The molecular weight excluding hydrogens is 340 g/mol. The number of aryl methyl sites for hydroxylation is 2. The Morgan fingerprint density at radius 1 is 1.22 bits per heavy atom. The molecule has 0 bridgehead atoms. The van der Waals surface area contributed by atoms with Crippen LogP contribution in [0.4, 0.5) is 0 Å². The van der Waals surface area contributed by atoms with E-state index in [0.29, 0.717) is 12.6 Å². The molecule has 148 valence electrons. The van der Waals surface area contributed by atoms with Gasteiger partial charge in [-0.3, -0.25) is 0 Å². The third-order valence-corrected chi connectivity index (χ3v) is 5.19. The van der Waals surface area contributed by atoms with E-state index in [4.69, 9.17) is 13.9 Å². The van der Waals surface area contributed by atoms with Gasteiger partial charge in [0.2, 0.25) is 0 Å². The Labute approximate surface area is 161 Å². The first-order chi connectivity index (χ1) is 13.3. The second-order valence-corrected chi connectivity index (χ2v) is 7.14. The Balaban J connectivity index is 1.65. The average molecular weight is 373 g/mol. The van der Waals surface area contributed by atoms with Gasteiger partial charge in [0, 0.05) is 31.0 Å².